The van der Waals surface area contributed by atoms with E-state index in [1.807, 2.05) is 17.0 Å². The van der Waals surface area contributed by atoms with Crippen molar-refractivity contribution in [1.29, 1.82) is 0 Å². The molecule has 1 aliphatic rings. The number of fused-ring (bicyclic) bond motifs is 1. The number of anilines is 2. The predicted octanol–water partition coefficient (Wildman–Crippen LogP) is 2.11. The molecule has 0 bridgehead atoms. The number of ether oxygens (including phenoxy) is 2. The van der Waals surface area contributed by atoms with Gasteiger partial charge >= 0.3 is 0 Å². The van der Waals surface area contributed by atoms with Crippen molar-refractivity contribution in [2.45, 2.75) is 6.54 Å². The van der Waals surface area contributed by atoms with Crippen LogP contribution in [0.25, 0.3) is 0 Å². The molecule has 0 amide bonds. The summed E-state index contributed by atoms with van der Waals surface area (Å²) in [6.45, 7) is 1.79. The second-order valence-corrected chi connectivity index (χ2v) is 4.64. The fourth-order valence-corrected chi connectivity index (χ4v) is 2.33. The zero-order chi connectivity index (χ0) is 12.4. The molecule has 0 saturated heterocycles. The van der Waals surface area contributed by atoms with Gasteiger partial charge in [-0.25, -0.2) is 4.98 Å². The van der Waals surface area contributed by atoms with Crippen molar-refractivity contribution in [2.24, 2.45) is 0 Å². The first-order chi connectivity index (χ1) is 8.83. The maximum absolute atomic E-state index is 5.97. The van der Waals surface area contributed by atoms with E-state index in [1.165, 1.54) is 0 Å². The third kappa shape index (κ3) is 2.19. The lowest BCUT2D eigenvalue weighted by Gasteiger charge is -2.20. The normalized spacial score (nSPS) is 13.3. The molecule has 5 nitrogen and oxygen atoms in total. The van der Waals surface area contributed by atoms with Crippen molar-refractivity contribution in [3.05, 3.63) is 28.7 Å². The van der Waals surface area contributed by atoms with Crippen molar-refractivity contribution in [3.8, 4) is 11.5 Å². The van der Waals surface area contributed by atoms with Crippen molar-refractivity contribution in [3.63, 3.8) is 0 Å². The third-order valence-corrected chi connectivity index (χ3v) is 3.29. The van der Waals surface area contributed by atoms with Gasteiger partial charge in [-0.05, 0) is 0 Å². The Labute approximate surface area is 109 Å². The highest BCUT2D eigenvalue weighted by Crippen LogP contribution is 2.37. The van der Waals surface area contributed by atoms with Crippen LogP contribution in [0.4, 0.5) is 11.4 Å². The quantitative estimate of drug-likeness (QED) is 0.830. The molecule has 0 fully saturated rings. The van der Waals surface area contributed by atoms with Gasteiger partial charge < -0.3 is 20.5 Å². The molecule has 18 heavy (non-hydrogen) atoms. The van der Waals surface area contributed by atoms with Crippen LogP contribution in [-0.2, 0) is 6.54 Å². The summed E-state index contributed by atoms with van der Waals surface area (Å²) in [4.78, 5) is 4.21. The zero-order valence-electron chi connectivity index (χ0n) is 9.68. The van der Waals surface area contributed by atoms with Crippen molar-refractivity contribution in [2.75, 3.05) is 24.3 Å². The summed E-state index contributed by atoms with van der Waals surface area (Å²) in [7, 11) is 0. The maximum Gasteiger partial charge on any atom is 0.163 e. The molecule has 0 atom stereocenters. The van der Waals surface area contributed by atoms with E-state index in [-0.39, 0.29) is 0 Å². The average molecular weight is 263 g/mol. The number of hydrogen-bond donors (Lipinski definition) is 2. The van der Waals surface area contributed by atoms with Gasteiger partial charge in [0.2, 0.25) is 0 Å². The van der Waals surface area contributed by atoms with Gasteiger partial charge in [-0.2, -0.15) is 0 Å². The molecule has 0 aliphatic carbocycles. The molecule has 1 aromatic carbocycles. The van der Waals surface area contributed by atoms with Crippen LogP contribution in [0.2, 0.25) is 0 Å². The van der Waals surface area contributed by atoms with E-state index in [9.17, 15) is 0 Å². The highest BCUT2D eigenvalue weighted by atomic mass is 32.1. The van der Waals surface area contributed by atoms with E-state index in [0.29, 0.717) is 31.2 Å². The molecular weight excluding hydrogens is 250 g/mol. The molecular formula is C12H13N3O2S. The maximum atomic E-state index is 5.97. The molecule has 2 heterocycles. The summed E-state index contributed by atoms with van der Waals surface area (Å²) in [5.41, 5.74) is 10.3. The van der Waals surface area contributed by atoms with Gasteiger partial charge in [-0.3, -0.25) is 0 Å². The number of nitrogens with one attached hydrogen (secondary N) is 1. The minimum atomic E-state index is 0.567. The first kappa shape index (κ1) is 11.2. The summed E-state index contributed by atoms with van der Waals surface area (Å²) in [5.74, 6) is 1.44. The number of benzene rings is 1. The van der Waals surface area contributed by atoms with Gasteiger partial charge in [0, 0.05) is 17.5 Å². The Morgan fingerprint density at radius 3 is 2.78 bits per heavy atom. The lowest BCUT2D eigenvalue weighted by atomic mass is 10.2. The number of nitrogen functional groups attached to an aromatic ring is 1. The van der Waals surface area contributed by atoms with Gasteiger partial charge in [0.15, 0.2) is 11.5 Å². The standard InChI is InChI=1S/C12H13N3O2S/c13-9-3-11-12(17-2-1-16-11)4-10(9)14-5-8-6-18-7-15-8/h3-4,6-7,14H,1-2,5,13H2. The van der Waals surface area contributed by atoms with Crippen molar-refractivity contribution < 1.29 is 9.47 Å². The van der Waals surface area contributed by atoms with Crippen molar-refractivity contribution in [1.82, 2.24) is 4.98 Å². The lowest BCUT2D eigenvalue weighted by Crippen LogP contribution is -2.16. The van der Waals surface area contributed by atoms with Crippen LogP contribution in [0.15, 0.2) is 23.0 Å². The average Bonchev–Trinajstić information content (AvgIpc) is 2.89. The molecule has 3 N–H and O–H groups in total. The molecule has 2 aromatic rings. The van der Waals surface area contributed by atoms with E-state index in [4.69, 9.17) is 15.2 Å². The lowest BCUT2D eigenvalue weighted by molar-refractivity contribution is 0.172. The van der Waals surface area contributed by atoms with Crippen LogP contribution in [0.5, 0.6) is 11.5 Å². The van der Waals surface area contributed by atoms with E-state index >= 15 is 0 Å². The Morgan fingerprint density at radius 2 is 2.06 bits per heavy atom. The Kier molecular flexibility index (Phi) is 2.93. The van der Waals surface area contributed by atoms with E-state index in [1.54, 1.807) is 17.4 Å². The highest BCUT2D eigenvalue weighted by Gasteiger charge is 2.14. The molecule has 0 saturated carbocycles. The second-order valence-electron chi connectivity index (χ2n) is 3.92. The highest BCUT2D eigenvalue weighted by molar-refractivity contribution is 7.07. The van der Waals surface area contributed by atoms with Crippen LogP contribution in [-0.4, -0.2) is 18.2 Å². The monoisotopic (exact) mass is 263 g/mol. The molecule has 94 valence electrons. The minimum absolute atomic E-state index is 0.567. The van der Waals surface area contributed by atoms with E-state index < -0.39 is 0 Å². The Bertz CT molecular complexity index is 543. The zero-order valence-corrected chi connectivity index (χ0v) is 10.5. The SMILES string of the molecule is Nc1cc2c(cc1NCc1cscn1)OCCO2. The van der Waals surface area contributed by atoms with Crippen LogP contribution in [0.1, 0.15) is 5.69 Å². The van der Waals surface area contributed by atoms with E-state index in [2.05, 4.69) is 10.3 Å². The number of nitrogens with two attached hydrogens (primary N) is 1. The fourth-order valence-electron chi connectivity index (χ4n) is 1.77. The Balaban J connectivity index is 1.79. The number of hydrogen-bond acceptors (Lipinski definition) is 6. The van der Waals surface area contributed by atoms with Gasteiger partial charge in [0.25, 0.3) is 0 Å². The van der Waals surface area contributed by atoms with Gasteiger partial charge in [0.1, 0.15) is 13.2 Å². The largest absolute Gasteiger partial charge is 0.486 e. The number of thiazole rings is 1. The van der Waals surface area contributed by atoms with Crippen LogP contribution in [0.3, 0.4) is 0 Å². The van der Waals surface area contributed by atoms with Gasteiger partial charge in [0.05, 0.1) is 29.1 Å². The topological polar surface area (TPSA) is 69.4 Å². The summed E-state index contributed by atoms with van der Waals surface area (Å²) in [6.07, 6.45) is 0. The Morgan fingerprint density at radius 1 is 1.28 bits per heavy atom. The minimum Gasteiger partial charge on any atom is -0.486 e. The summed E-state index contributed by atoms with van der Waals surface area (Å²) in [6, 6.07) is 3.66. The summed E-state index contributed by atoms with van der Waals surface area (Å²) in [5, 5.41) is 5.25. The molecule has 1 aromatic heterocycles. The molecule has 6 heteroatoms. The van der Waals surface area contributed by atoms with Crippen LogP contribution < -0.4 is 20.5 Å². The number of nitrogens with zero attached hydrogens (tertiary/aromatic N) is 1. The molecule has 0 unspecified atom stereocenters. The van der Waals surface area contributed by atoms with Crippen LogP contribution >= 0.6 is 11.3 Å². The fraction of sp³-hybridized carbons (Fsp3) is 0.250. The second kappa shape index (κ2) is 4.73. The number of rotatable bonds is 3. The first-order valence-electron chi connectivity index (χ1n) is 5.63. The van der Waals surface area contributed by atoms with E-state index in [0.717, 1.165) is 17.1 Å². The molecule has 0 spiro atoms. The molecule has 1 aliphatic heterocycles. The smallest absolute Gasteiger partial charge is 0.163 e. The van der Waals surface area contributed by atoms with Crippen molar-refractivity contribution >= 4 is 22.7 Å². The predicted molar refractivity (Wildman–Crippen MR) is 71.3 cm³/mol. The third-order valence-electron chi connectivity index (χ3n) is 2.66. The number of aromatic nitrogens is 1. The summed E-state index contributed by atoms with van der Waals surface area (Å²) >= 11 is 1.57. The van der Waals surface area contributed by atoms with Gasteiger partial charge in [-0.1, -0.05) is 0 Å². The molecule has 3 rings (SSSR count). The molecule has 0 radical (unpaired) electrons. The van der Waals surface area contributed by atoms with Gasteiger partial charge in [-0.15, -0.1) is 11.3 Å². The van der Waals surface area contributed by atoms with Crippen LogP contribution in [0, 0.1) is 0 Å². The first-order valence-corrected chi connectivity index (χ1v) is 6.57. The Hall–Kier alpha value is -1.95. The summed E-state index contributed by atoms with van der Waals surface area (Å²) < 4.78 is 11.0.